The first-order valence-electron chi connectivity index (χ1n) is 7.25. The van der Waals surface area contributed by atoms with Gasteiger partial charge in [-0.05, 0) is 30.5 Å². The van der Waals surface area contributed by atoms with Gasteiger partial charge in [0.2, 0.25) is 0 Å². The largest absolute Gasteiger partial charge is 0.384 e. The van der Waals surface area contributed by atoms with Gasteiger partial charge in [0, 0.05) is 36.3 Å². The fourth-order valence-electron chi connectivity index (χ4n) is 2.72. The number of thiazole rings is 1. The molecule has 3 nitrogen and oxygen atoms in total. The topological polar surface area (TPSA) is 37.0 Å². The van der Waals surface area contributed by atoms with Gasteiger partial charge in [0.25, 0.3) is 0 Å². The van der Waals surface area contributed by atoms with Crippen LogP contribution in [0.3, 0.4) is 0 Å². The smallest absolute Gasteiger partial charge is 0.0965 e. The Labute approximate surface area is 124 Å². The van der Waals surface area contributed by atoms with E-state index in [0.717, 1.165) is 19.6 Å². The molecule has 1 aromatic carbocycles. The fourth-order valence-corrected chi connectivity index (χ4v) is 3.42. The molecular weight excluding hydrogens is 266 g/mol. The molecule has 2 atom stereocenters. The Bertz CT molecular complexity index is 538. The highest BCUT2D eigenvalue weighted by Crippen LogP contribution is 2.24. The van der Waals surface area contributed by atoms with Gasteiger partial charge in [-0.1, -0.05) is 25.1 Å². The Hall–Kier alpha value is -1.39. The maximum absolute atomic E-state index is 4.38. The molecule has 2 N–H and O–H groups in total. The Morgan fingerprint density at radius 1 is 1.45 bits per heavy atom. The van der Waals surface area contributed by atoms with Crippen LogP contribution in [0.5, 0.6) is 0 Å². The third kappa shape index (κ3) is 3.19. The van der Waals surface area contributed by atoms with E-state index in [4.69, 9.17) is 0 Å². The van der Waals surface area contributed by atoms with Crippen molar-refractivity contribution in [3.8, 4) is 0 Å². The molecule has 0 bridgehead atoms. The molecule has 4 heteroatoms. The third-order valence-electron chi connectivity index (χ3n) is 3.86. The lowest BCUT2D eigenvalue weighted by molar-refractivity contribution is 0.472. The van der Waals surface area contributed by atoms with Crippen LogP contribution in [0, 0.1) is 5.92 Å². The molecule has 0 saturated heterocycles. The Morgan fingerprint density at radius 3 is 3.20 bits per heavy atom. The first-order valence-corrected chi connectivity index (χ1v) is 8.13. The number of aromatic nitrogens is 1. The number of rotatable bonds is 5. The third-order valence-corrected chi connectivity index (χ3v) is 4.87. The summed E-state index contributed by atoms with van der Waals surface area (Å²) in [6.45, 7) is 5.37. The highest BCUT2D eigenvalue weighted by atomic mass is 32.1. The number of hydrogen-bond donors (Lipinski definition) is 2. The first-order chi connectivity index (χ1) is 9.83. The van der Waals surface area contributed by atoms with Crippen LogP contribution in [0.4, 0.5) is 5.69 Å². The van der Waals surface area contributed by atoms with Crippen molar-refractivity contribution in [1.82, 2.24) is 10.3 Å². The van der Waals surface area contributed by atoms with E-state index in [1.807, 2.05) is 11.6 Å². The van der Waals surface area contributed by atoms with E-state index in [-0.39, 0.29) is 0 Å². The summed E-state index contributed by atoms with van der Waals surface area (Å²) in [5.74, 6) is 1.17. The van der Waals surface area contributed by atoms with Crippen LogP contribution in [0.2, 0.25) is 0 Å². The average Bonchev–Trinajstić information content (AvgIpc) is 3.01. The van der Waals surface area contributed by atoms with Gasteiger partial charge in [-0.25, -0.2) is 4.98 Å². The zero-order valence-electron chi connectivity index (χ0n) is 11.8. The summed E-state index contributed by atoms with van der Waals surface area (Å²) in [6, 6.07) is 8.62. The summed E-state index contributed by atoms with van der Waals surface area (Å²) in [4.78, 5) is 4.38. The highest BCUT2D eigenvalue weighted by molar-refractivity contribution is 7.09. The lowest BCUT2D eigenvalue weighted by Crippen LogP contribution is -2.34. The summed E-state index contributed by atoms with van der Waals surface area (Å²) < 4.78 is 0. The van der Waals surface area contributed by atoms with E-state index in [1.165, 1.54) is 22.7 Å². The van der Waals surface area contributed by atoms with Crippen LogP contribution >= 0.6 is 11.3 Å². The van der Waals surface area contributed by atoms with Crippen molar-refractivity contribution in [1.29, 1.82) is 0 Å². The molecule has 3 rings (SSSR count). The number of nitrogens with one attached hydrogen (secondary N) is 2. The summed E-state index contributed by atoms with van der Waals surface area (Å²) in [5.41, 5.74) is 2.75. The Kier molecular flexibility index (Phi) is 4.33. The first kappa shape index (κ1) is 13.6. The number of benzene rings is 1. The number of nitrogens with zero attached hydrogens (tertiary/aromatic N) is 1. The maximum atomic E-state index is 4.38. The maximum Gasteiger partial charge on any atom is 0.0965 e. The predicted molar refractivity (Wildman–Crippen MR) is 85.5 cm³/mol. The van der Waals surface area contributed by atoms with Crippen LogP contribution in [-0.2, 0) is 6.42 Å². The minimum Gasteiger partial charge on any atom is -0.384 e. The van der Waals surface area contributed by atoms with E-state index in [9.17, 15) is 0 Å². The van der Waals surface area contributed by atoms with E-state index in [2.05, 4.69) is 46.8 Å². The summed E-state index contributed by atoms with van der Waals surface area (Å²) in [5, 5.41) is 10.4. The second-order valence-corrected chi connectivity index (χ2v) is 6.46. The fraction of sp³-hybridized carbons (Fsp3) is 0.438. The SMILES string of the molecule is CC(CNCC1CNc2ccccc2C1)c1nccs1. The molecule has 1 aliphatic rings. The van der Waals surface area contributed by atoms with Gasteiger partial charge in [-0.15, -0.1) is 11.3 Å². The predicted octanol–water partition coefficient (Wildman–Crippen LogP) is 3.12. The molecule has 2 unspecified atom stereocenters. The lowest BCUT2D eigenvalue weighted by atomic mass is 9.94. The summed E-state index contributed by atoms with van der Waals surface area (Å²) in [6.07, 6.45) is 3.06. The molecule has 106 valence electrons. The molecule has 0 spiro atoms. The summed E-state index contributed by atoms with van der Waals surface area (Å²) >= 11 is 1.74. The van der Waals surface area contributed by atoms with Gasteiger partial charge in [0.05, 0.1) is 5.01 Å². The van der Waals surface area contributed by atoms with Crippen LogP contribution in [0.1, 0.15) is 23.4 Å². The van der Waals surface area contributed by atoms with Crippen molar-refractivity contribution >= 4 is 17.0 Å². The van der Waals surface area contributed by atoms with Crippen LogP contribution in [0.15, 0.2) is 35.8 Å². The van der Waals surface area contributed by atoms with Crippen molar-refractivity contribution in [2.75, 3.05) is 25.0 Å². The van der Waals surface area contributed by atoms with E-state index in [0.29, 0.717) is 11.8 Å². The van der Waals surface area contributed by atoms with Crippen molar-refractivity contribution in [2.24, 2.45) is 5.92 Å². The second kappa shape index (κ2) is 6.37. The minimum absolute atomic E-state index is 0.499. The molecule has 1 aliphatic heterocycles. The molecule has 0 amide bonds. The number of hydrogen-bond acceptors (Lipinski definition) is 4. The highest BCUT2D eigenvalue weighted by Gasteiger charge is 2.17. The molecule has 0 fully saturated rings. The van der Waals surface area contributed by atoms with Crippen molar-refractivity contribution < 1.29 is 0 Å². The monoisotopic (exact) mass is 287 g/mol. The van der Waals surface area contributed by atoms with Gasteiger partial charge in [-0.2, -0.15) is 0 Å². The van der Waals surface area contributed by atoms with Gasteiger partial charge in [0.15, 0.2) is 0 Å². The average molecular weight is 287 g/mol. The van der Waals surface area contributed by atoms with Gasteiger partial charge < -0.3 is 10.6 Å². The van der Waals surface area contributed by atoms with Crippen LogP contribution in [-0.4, -0.2) is 24.6 Å². The normalized spacial score (nSPS) is 19.1. The molecule has 1 aromatic heterocycles. The molecule has 0 aliphatic carbocycles. The standard InChI is InChI=1S/C16H21N3S/c1-12(16-18-6-7-20-16)9-17-10-13-8-14-4-2-3-5-15(14)19-11-13/h2-7,12-13,17,19H,8-11H2,1H3. The minimum atomic E-state index is 0.499. The number of para-hydroxylation sites is 1. The molecule has 0 radical (unpaired) electrons. The molecule has 20 heavy (non-hydrogen) atoms. The Morgan fingerprint density at radius 2 is 2.35 bits per heavy atom. The second-order valence-electron chi connectivity index (χ2n) is 5.54. The molecule has 0 saturated carbocycles. The van der Waals surface area contributed by atoms with E-state index in [1.54, 1.807) is 11.3 Å². The molecule has 2 aromatic rings. The number of anilines is 1. The van der Waals surface area contributed by atoms with Crippen LogP contribution in [0.25, 0.3) is 0 Å². The quantitative estimate of drug-likeness (QED) is 0.887. The zero-order chi connectivity index (χ0) is 13.8. The van der Waals surface area contributed by atoms with Gasteiger partial charge in [0.1, 0.15) is 0 Å². The van der Waals surface area contributed by atoms with Crippen molar-refractivity contribution in [2.45, 2.75) is 19.3 Å². The van der Waals surface area contributed by atoms with E-state index >= 15 is 0 Å². The lowest BCUT2D eigenvalue weighted by Gasteiger charge is -2.26. The molecular formula is C16H21N3S. The summed E-state index contributed by atoms with van der Waals surface area (Å²) in [7, 11) is 0. The zero-order valence-corrected chi connectivity index (χ0v) is 12.6. The molecule has 2 heterocycles. The van der Waals surface area contributed by atoms with Gasteiger partial charge >= 0.3 is 0 Å². The van der Waals surface area contributed by atoms with Crippen molar-refractivity contribution in [3.63, 3.8) is 0 Å². The Balaban J connectivity index is 1.46. The van der Waals surface area contributed by atoms with E-state index < -0.39 is 0 Å². The van der Waals surface area contributed by atoms with Crippen molar-refractivity contribution in [3.05, 3.63) is 46.4 Å². The van der Waals surface area contributed by atoms with Crippen LogP contribution < -0.4 is 10.6 Å². The number of fused-ring (bicyclic) bond motifs is 1. The van der Waals surface area contributed by atoms with Gasteiger partial charge in [-0.3, -0.25) is 0 Å².